The van der Waals surface area contributed by atoms with Crippen molar-refractivity contribution in [1.29, 1.82) is 0 Å². The molecule has 2 atom stereocenters. The molecule has 2 aromatic carbocycles. The minimum atomic E-state index is -0.213. The molecule has 1 aliphatic heterocycles. The Hall–Kier alpha value is -2.20. The zero-order valence-corrected chi connectivity index (χ0v) is 15.5. The summed E-state index contributed by atoms with van der Waals surface area (Å²) in [5.41, 5.74) is 3.46. The van der Waals surface area contributed by atoms with Crippen molar-refractivity contribution >= 4 is 5.91 Å². The van der Waals surface area contributed by atoms with E-state index in [2.05, 4.69) is 41.4 Å². The summed E-state index contributed by atoms with van der Waals surface area (Å²) in [5, 5.41) is 2.97. The fourth-order valence-electron chi connectivity index (χ4n) is 3.89. The van der Waals surface area contributed by atoms with Gasteiger partial charge in [-0.1, -0.05) is 42.0 Å². The summed E-state index contributed by atoms with van der Waals surface area (Å²) in [5.74, 6) is 0.178. The Morgan fingerprint density at radius 3 is 2.73 bits per heavy atom. The Balaban J connectivity index is 1.80. The fraction of sp³-hybridized carbons (Fsp3) is 0.409. The first-order valence-electron chi connectivity index (χ1n) is 9.36. The third-order valence-electron chi connectivity index (χ3n) is 5.06. The van der Waals surface area contributed by atoms with Crippen LogP contribution in [0.5, 0.6) is 0 Å². The molecule has 0 radical (unpaired) electrons. The van der Waals surface area contributed by atoms with Crippen LogP contribution in [0.1, 0.15) is 36.0 Å². The molecule has 3 rings (SSSR count). The molecule has 1 fully saturated rings. The fourth-order valence-corrected chi connectivity index (χ4v) is 3.89. The van der Waals surface area contributed by atoms with Crippen molar-refractivity contribution in [2.24, 2.45) is 5.92 Å². The summed E-state index contributed by atoms with van der Waals surface area (Å²) in [7, 11) is 0. The highest BCUT2D eigenvalue weighted by molar-refractivity contribution is 5.79. The van der Waals surface area contributed by atoms with Gasteiger partial charge in [0.15, 0.2) is 0 Å². The highest BCUT2D eigenvalue weighted by atomic mass is 19.1. The molecule has 26 heavy (non-hydrogen) atoms. The lowest BCUT2D eigenvalue weighted by molar-refractivity contribution is -0.127. The number of benzene rings is 2. The second kappa shape index (κ2) is 8.45. The molecule has 138 valence electrons. The number of carbonyl (C=O) groups excluding carboxylic acids is 1. The van der Waals surface area contributed by atoms with Gasteiger partial charge in [-0.25, -0.2) is 4.39 Å². The molecule has 0 aliphatic carbocycles. The van der Waals surface area contributed by atoms with E-state index in [1.54, 1.807) is 12.1 Å². The van der Waals surface area contributed by atoms with Gasteiger partial charge in [-0.15, -0.1) is 0 Å². The molecule has 1 aliphatic rings. The first kappa shape index (κ1) is 18.6. The minimum absolute atomic E-state index is 0.0391. The summed E-state index contributed by atoms with van der Waals surface area (Å²) in [6.45, 7) is 6.95. The van der Waals surface area contributed by atoms with Crippen LogP contribution in [0.15, 0.2) is 48.5 Å². The highest BCUT2D eigenvalue weighted by Crippen LogP contribution is 2.31. The molecule has 1 N–H and O–H groups in total. The van der Waals surface area contributed by atoms with E-state index in [4.69, 9.17) is 0 Å². The van der Waals surface area contributed by atoms with Gasteiger partial charge in [-0.2, -0.15) is 0 Å². The first-order chi connectivity index (χ1) is 12.5. The number of aryl methyl sites for hydroxylation is 1. The third-order valence-corrected chi connectivity index (χ3v) is 5.06. The summed E-state index contributed by atoms with van der Waals surface area (Å²) < 4.78 is 13.5. The van der Waals surface area contributed by atoms with Gasteiger partial charge in [0.2, 0.25) is 5.91 Å². The van der Waals surface area contributed by atoms with Gasteiger partial charge in [0.05, 0.1) is 5.92 Å². The Kier molecular flexibility index (Phi) is 6.04. The van der Waals surface area contributed by atoms with Gasteiger partial charge in [0, 0.05) is 26.2 Å². The van der Waals surface area contributed by atoms with Crippen LogP contribution in [0.25, 0.3) is 0 Å². The van der Waals surface area contributed by atoms with Crippen molar-refractivity contribution in [2.45, 2.75) is 32.7 Å². The van der Waals surface area contributed by atoms with Gasteiger partial charge < -0.3 is 5.32 Å². The monoisotopic (exact) mass is 354 g/mol. The van der Waals surface area contributed by atoms with Crippen molar-refractivity contribution in [2.75, 3.05) is 19.6 Å². The van der Waals surface area contributed by atoms with E-state index in [1.165, 1.54) is 17.2 Å². The SMILES string of the molecule is CCNC(=O)C1CC(c2cccc(C)c2)CN(Cc2cccc(F)c2)C1. The molecule has 0 spiro atoms. The van der Waals surface area contributed by atoms with E-state index in [0.717, 1.165) is 18.5 Å². The Bertz CT molecular complexity index is 761. The number of amides is 1. The van der Waals surface area contributed by atoms with E-state index in [9.17, 15) is 9.18 Å². The lowest BCUT2D eigenvalue weighted by Crippen LogP contribution is -2.45. The van der Waals surface area contributed by atoms with Gasteiger partial charge in [0.1, 0.15) is 5.82 Å². The van der Waals surface area contributed by atoms with E-state index in [-0.39, 0.29) is 17.6 Å². The standard InChI is InChI=1S/C22H27FN2O/c1-3-24-22(26)20-12-19(18-8-4-6-16(2)10-18)14-25(15-20)13-17-7-5-9-21(23)11-17/h4-11,19-20H,3,12-15H2,1-2H3,(H,24,26). The molecule has 0 bridgehead atoms. The number of hydrogen-bond donors (Lipinski definition) is 1. The Morgan fingerprint density at radius 1 is 1.19 bits per heavy atom. The predicted molar refractivity (Wildman–Crippen MR) is 102 cm³/mol. The first-order valence-corrected chi connectivity index (χ1v) is 9.36. The van der Waals surface area contributed by atoms with E-state index in [1.807, 2.05) is 13.0 Å². The smallest absolute Gasteiger partial charge is 0.224 e. The maximum Gasteiger partial charge on any atom is 0.224 e. The van der Waals surface area contributed by atoms with E-state index in [0.29, 0.717) is 25.6 Å². The lowest BCUT2D eigenvalue weighted by Gasteiger charge is -2.37. The number of rotatable bonds is 5. The topological polar surface area (TPSA) is 32.3 Å². The molecule has 1 saturated heterocycles. The maximum absolute atomic E-state index is 13.5. The van der Waals surface area contributed by atoms with Crippen LogP contribution >= 0.6 is 0 Å². The van der Waals surface area contributed by atoms with Crippen LogP contribution in [0.4, 0.5) is 4.39 Å². The van der Waals surface area contributed by atoms with Crippen molar-refractivity contribution in [3.63, 3.8) is 0 Å². The van der Waals surface area contributed by atoms with Crippen LogP contribution in [-0.2, 0) is 11.3 Å². The number of hydrogen-bond acceptors (Lipinski definition) is 2. The average molecular weight is 354 g/mol. The summed E-state index contributed by atoms with van der Waals surface area (Å²) in [4.78, 5) is 14.8. The number of piperidine rings is 1. The minimum Gasteiger partial charge on any atom is -0.356 e. The van der Waals surface area contributed by atoms with Gasteiger partial charge >= 0.3 is 0 Å². The summed E-state index contributed by atoms with van der Waals surface area (Å²) in [6, 6.07) is 15.3. The van der Waals surface area contributed by atoms with Crippen molar-refractivity contribution in [3.8, 4) is 0 Å². The van der Waals surface area contributed by atoms with E-state index < -0.39 is 0 Å². The maximum atomic E-state index is 13.5. The molecule has 0 saturated carbocycles. The quantitative estimate of drug-likeness (QED) is 0.884. The number of likely N-dealkylation sites (tertiary alicyclic amines) is 1. The number of nitrogens with zero attached hydrogens (tertiary/aromatic N) is 1. The zero-order valence-electron chi connectivity index (χ0n) is 15.5. The molecule has 2 aromatic rings. The highest BCUT2D eigenvalue weighted by Gasteiger charge is 2.32. The number of halogens is 1. The number of carbonyl (C=O) groups is 1. The number of nitrogens with one attached hydrogen (secondary N) is 1. The zero-order chi connectivity index (χ0) is 18.5. The van der Waals surface area contributed by atoms with Crippen molar-refractivity contribution in [3.05, 3.63) is 71.0 Å². The molecule has 1 heterocycles. The molecular weight excluding hydrogens is 327 g/mol. The van der Waals surface area contributed by atoms with Gasteiger partial charge in [-0.3, -0.25) is 9.69 Å². The van der Waals surface area contributed by atoms with E-state index >= 15 is 0 Å². The molecule has 2 unspecified atom stereocenters. The summed E-state index contributed by atoms with van der Waals surface area (Å²) in [6.07, 6.45) is 0.856. The second-order valence-electron chi connectivity index (χ2n) is 7.26. The molecule has 1 amide bonds. The van der Waals surface area contributed by atoms with Crippen molar-refractivity contribution in [1.82, 2.24) is 10.2 Å². The van der Waals surface area contributed by atoms with Crippen molar-refractivity contribution < 1.29 is 9.18 Å². The van der Waals surface area contributed by atoms with Crippen LogP contribution in [-0.4, -0.2) is 30.4 Å². The van der Waals surface area contributed by atoms with Crippen LogP contribution in [0, 0.1) is 18.7 Å². The molecular formula is C22H27FN2O. The molecule has 0 aromatic heterocycles. The predicted octanol–water partition coefficient (Wildman–Crippen LogP) is 3.88. The van der Waals surface area contributed by atoms with Crippen LogP contribution in [0.2, 0.25) is 0 Å². The molecule has 3 nitrogen and oxygen atoms in total. The van der Waals surface area contributed by atoms with Gasteiger partial charge in [0.25, 0.3) is 0 Å². The Morgan fingerprint density at radius 2 is 2.00 bits per heavy atom. The average Bonchev–Trinajstić information content (AvgIpc) is 2.62. The molecule has 4 heteroatoms. The Labute approximate surface area is 155 Å². The largest absolute Gasteiger partial charge is 0.356 e. The third kappa shape index (κ3) is 4.70. The van der Waals surface area contributed by atoms with Gasteiger partial charge in [-0.05, 0) is 49.4 Å². The summed E-state index contributed by atoms with van der Waals surface area (Å²) >= 11 is 0. The van der Waals surface area contributed by atoms with Crippen LogP contribution < -0.4 is 5.32 Å². The normalized spacial score (nSPS) is 20.7. The lowest BCUT2D eigenvalue weighted by atomic mass is 9.83. The van der Waals surface area contributed by atoms with Crippen LogP contribution in [0.3, 0.4) is 0 Å². The second-order valence-corrected chi connectivity index (χ2v) is 7.26.